The minimum Gasteiger partial charge on any atom is -0.380 e. The average Bonchev–Trinajstić information content (AvgIpc) is 2.82. The van der Waals surface area contributed by atoms with E-state index in [9.17, 15) is 4.79 Å². The Morgan fingerprint density at radius 3 is 2.65 bits per heavy atom. The first-order valence-electron chi connectivity index (χ1n) is 5.85. The molecule has 3 rings (SSSR count). The fourth-order valence-corrected chi connectivity index (χ4v) is 2.24. The fraction of sp³-hybridized carbons (Fsp3) is 0. The molecule has 0 saturated carbocycles. The van der Waals surface area contributed by atoms with Crippen molar-refractivity contribution >= 4 is 21.7 Å². The van der Waals surface area contributed by atoms with E-state index in [-0.39, 0.29) is 11.2 Å². The van der Waals surface area contributed by atoms with Crippen molar-refractivity contribution in [2.75, 3.05) is 5.73 Å². The van der Waals surface area contributed by atoms with Crippen LogP contribution < -0.4 is 11.2 Å². The van der Waals surface area contributed by atoms with Gasteiger partial charge in [-0.1, -0.05) is 33.2 Å². The van der Waals surface area contributed by atoms with Gasteiger partial charge >= 0.3 is 0 Å². The number of benzene rings is 1. The lowest BCUT2D eigenvalue weighted by atomic mass is 10.0. The second-order valence-electron chi connectivity index (χ2n) is 4.20. The summed E-state index contributed by atoms with van der Waals surface area (Å²) in [4.78, 5) is 14.8. The third-order valence-electron chi connectivity index (χ3n) is 2.92. The van der Waals surface area contributed by atoms with E-state index in [0.717, 1.165) is 10.0 Å². The molecule has 0 unspecified atom stereocenters. The number of nitrogens with one attached hydrogen (secondary N) is 1. The van der Waals surface area contributed by atoms with Gasteiger partial charge in [-0.05, 0) is 17.7 Å². The number of halogens is 1. The lowest BCUT2D eigenvalue weighted by molar-refractivity contribution is 0.435. The van der Waals surface area contributed by atoms with E-state index in [1.807, 2.05) is 24.3 Å². The van der Waals surface area contributed by atoms with Crippen molar-refractivity contribution in [1.29, 1.82) is 0 Å². The van der Waals surface area contributed by atoms with Gasteiger partial charge in [0.25, 0.3) is 0 Å². The molecule has 3 N–H and O–H groups in total. The van der Waals surface area contributed by atoms with E-state index in [4.69, 9.17) is 10.3 Å². The molecule has 0 aliphatic carbocycles. The molecule has 0 radical (unpaired) electrons. The molecule has 2 aromatic heterocycles. The first-order valence-corrected chi connectivity index (χ1v) is 6.64. The van der Waals surface area contributed by atoms with Gasteiger partial charge in [0, 0.05) is 22.9 Å². The summed E-state index contributed by atoms with van der Waals surface area (Å²) in [6.07, 6.45) is 3.13. The Bertz CT molecular complexity index is 806. The minimum absolute atomic E-state index is 0.154. The van der Waals surface area contributed by atoms with Gasteiger partial charge in [-0.2, -0.15) is 0 Å². The Hall–Kier alpha value is -2.34. The molecule has 0 saturated heterocycles. The van der Waals surface area contributed by atoms with Crippen LogP contribution in [0.3, 0.4) is 0 Å². The van der Waals surface area contributed by atoms with E-state index in [2.05, 4.69) is 26.1 Å². The zero-order valence-corrected chi connectivity index (χ0v) is 11.8. The molecule has 100 valence electrons. The topological polar surface area (TPSA) is 84.9 Å². The van der Waals surface area contributed by atoms with E-state index < -0.39 is 0 Å². The van der Waals surface area contributed by atoms with Crippen LogP contribution in [0, 0.1) is 0 Å². The Morgan fingerprint density at radius 2 is 1.95 bits per heavy atom. The number of pyridine rings is 1. The van der Waals surface area contributed by atoms with Crippen molar-refractivity contribution in [1.82, 2.24) is 10.1 Å². The first kappa shape index (κ1) is 12.7. The summed E-state index contributed by atoms with van der Waals surface area (Å²) in [6, 6.07) is 8.97. The van der Waals surface area contributed by atoms with Gasteiger partial charge in [-0.25, -0.2) is 0 Å². The van der Waals surface area contributed by atoms with Crippen molar-refractivity contribution in [3.63, 3.8) is 0 Å². The third kappa shape index (κ3) is 2.14. The quantitative estimate of drug-likeness (QED) is 0.755. The predicted molar refractivity (Wildman–Crippen MR) is 80.1 cm³/mol. The Balaban J connectivity index is 2.23. The Kier molecular flexibility index (Phi) is 3.15. The van der Waals surface area contributed by atoms with Crippen LogP contribution >= 0.6 is 15.9 Å². The number of hydrogen-bond acceptors (Lipinski definition) is 4. The maximum absolute atomic E-state index is 11.9. The number of aromatic nitrogens is 2. The molecule has 5 nitrogen and oxygen atoms in total. The monoisotopic (exact) mass is 331 g/mol. The van der Waals surface area contributed by atoms with Crippen LogP contribution in [0.2, 0.25) is 0 Å². The number of hydrogen-bond donors (Lipinski definition) is 2. The summed E-state index contributed by atoms with van der Waals surface area (Å²) < 4.78 is 6.19. The Labute approximate surface area is 122 Å². The highest BCUT2D eigenvalue weighted by atomic mass is 79.9. The van der Waals surface area contributed by atoms with Crippen molar-refractivity contribution in [3.05, 3.63) is 57.4 Å². The zero-order valence-electron chi connectivity index (χ0n) is 10.3. The van der Waals surface area contributed by atoms with Crippen molar-refractivity contribution in [2.45, 2.75) is 0 Å². The second-order valence-corrected chi connectivity index (χ2v) is 5.12. The van der Waals surface area contributed by atoms with Gasteiger partial charge in [0.05, 0.1) is 11.1 Å². The van der Waals surface area contributed by atoms with Crippen molar-refractivity contribution in [3.8, 4) is 22.5 Å². The van der Waals surface area contributed by atoms with Crippen molar-refractivity contribution < 1.29 is 4.52 Å². The van der Waals surface area contributed by atoms with Crippen LogP contribution in [0.25, 0.3) is 22.5 Å². The largest absolute Gasteiger partial charge is 0.380 e. The smallest absolute Gasteiger partial charge is 0.192 e. The van der Waals surface area contributed by atoms with Gasteiger partial charge in [0.2, 0.25) is 0 Å². The van der Waals surface area contributed by atoms with Gasteiger partial charge in [-0.3, -0.25) is 4.79 Å². The van der Waals surface area contributed by atoms with Crippen molar-refractivity contribution in [2.24, 2.45) is 0 Å². The Morgan fingerprint density at radius 1 is 1.20 bits per heavy atom. The second kappa shape index (κ2) is 4.97. The van der Waals surface area contributed by atoms with Crippen LogP contribution in [0.5, 0.6) is 0 Å². The maximum atomic E-state index is 11.9. The maximum Gasteiger partial charge on any atom is 0.192 e. The predicted octanol–water partition coefficient (Wildman–Crippen LogP) is 3.04. The molecule has 2 heterocycles. The van der Waals surface area contributed by atoms with E-state index >= 15 is 0 Å². The molecule has 0 spiro atoms. The summed E-state index contributed by atoms with van der Waals surface area (Å²) in [5, 5.41) is 3.77. The molecule has 20 heavy (non-hydrogen) atoms. The summed E-state index contributed by atoms with van der Waals surface area (Å²) in [6.45, 7) is 0. The molecule has 0 aliphatic rings. The number of nitrogens with zero attached hydrogens (tertiary/aromatic N) is 1. The number of H-pyrrole nitrogens is 1. The van der Waals surface area contributed by atoms with Crippen LogP contribution in [-0.2, 0) is 0 Å². The lowest BCUT2D eigenvalue weighted by Crippen LogP contribution is -2.02. The first-order chi connectivity index (χ1) is 9.66. The average molecular weight is 332 g/mol. The van der Waals surface area contributed by atoms with Gasteiger partial charge in [0.1, 0.15) is 0 Å². The standard InChI is InChI=1S/C14H10BrN3O2/c15-9-3-1-8(2-4-9)12-13(20-18-14(12)16)10-7-17-6-5-11(10)19/h1-7H,(H2,16,18)(H,17,19). The zero-order chi connectivity index (χ0) is 14.1. The highest BCUT2D eigenvalue weighted by Crippen LogP contribution is 2.35. The van der Waals surface area contributed by atoms with Gasteiger partial charge < -0.3 is 15.2 Å². The lowest BCUT2D eigenvalue weighted by Gasteiger charge is -2.02. The van der Waals surface area contributed by atoms with Crippen LogP contribution in [0.1, 0.15) is 0 Å². The molecule has 1 aromatic carbocycles. The molecule has 0 fully saturated rings. The van der Waals surface area contributed by atoms with E-state index in [1.54, 1.807) is 12.4 Å². The van der Waals surface area contributed by atoms with E-state index in [1.165, 1.54) is 6.07 Å². The van der Waals surface area contributed by atoms with Crippen LogP contribution in [0.15, 0.2) is 56.5 Å². The summed E-state index contributed by atoms with van der Waals surface area (Å²) >= 11 is 3.38. The van der Waals surface area contributed by atoms with Crippen LogP contribution in [-0.4, -0.2) is 10.1 Å². The number of nitrogen functional groups attached to an aromatic ring is 1. The molecule has 0 atom stereocenters. The normalized spacial score (nSPS) is 10.7. The molecule has 0 aliphatic heterocycles. The van der Waals surface area contributed by atoms with E-state index in [0.29, 0.717) is 16.9 Å². The highest BCUT2D eigenvalue weighted by molar-refractivity contribution is 9.10. The third-order valence-corrected chi connectivity index (χ3v) is 3.45. The molecule has 6 heteroatoms. The van der Waals surface area contributed by atoms with Crippen LogP contribution in [0.4, 0.5) is 5.82 Å². The molecule has 3 aromatic rings. The molecule has 0 bridgehead atoms. The number of rotatable bonds is 2. The number of anilines is 1. The number of aromatic amines is 1. The fourth-order valence-electron chi connectivity index (χ4n) is 1.98. The van der Waals surface area contributed by atoms with Gasteiger partial charge in [0.15, 0.2) is 17.0 Å². The molecular weight excluding hydrogens is 322 g/mol. The molecular formula is C14H10BrN3O2. The summed E-state index contributed by atoms with van der Waals surface area (Å²) in [7, 11) is 0. The summed E-state index contributed by atoms with van der Waals surface area (Å²) in [5.74, 6) is 0.622. The minimum atomic E-state index is -0.154. The highest BCUT2D eigenvalue weighted by Gasteiger charge is 2.19. The van der Waals surface area contributed by atoms with Gasteiger partial charge in [-0.15, -0.1) is 0 Å². The summed E-state index contributed by atoms with van der Waals surface area (Å²) in [5.41, 5.74) is 7.57. The number of nitrogens with two attached hydrogens (primary N) is 1. The SMILES string of the molecule is Nc1noc(-c2c[nH]ccc2=O)c1-c1ccc(Br)cc1. The molecule has 0 amide bonds.